The molecule has 2 heterocycles. The molecule has 0 amide bonds. The van der Waals surface area contributed by atoms with Crippen LogP contribution in [0.5, 0.6) is 0 Å². The van der Waals surface area contributed by atoms with Crippen molar-refractivity contribution in [1.82, 2.24) is 18.3 Å². The summed E-state index contributed by atoms with van der Waals surface area (Å²) in [5.74, 6) is -0.330. The Kier molecular flexibility index (Phi) is 6.26. The molecule has 9 nitrogen and oxygen atoms in total. The molecule has 0 aliphatic heterocycles. The molecule has 1 saturated carbocycles. The molecule has 0 radical (unpaired) electrons. The fourth-order valence-electron chi connectivity index (χ4n) is 4.45. The third-order valence-electron chi connectivity index (χ3n) is 6.39. The van der Waals surface area contributed by atoms with Crippen molar-refractivity contribution in [2.75, 3.05) is 0 Å². The fourth-order valence-corrected chi connectivity index (χ4v) is 4.45. The van der Waals surface area contributed by atoms with Crippen LogP contribution in [0.2, 0.25) is 0 Å². The predicted octanol–water partition coefficient (Wildman–Crippen LogP) is 1.10. The maximum absolute atomic E-state index is 13.5. The summed E-state index contributed by atoms with van der Waals surface area (Å²) in [6, 6.07) is 9.71. The predicted molar refractivity (Wildman–Crippen MR) is 133 cm³/mol. The van der Waals surface area contributed by atoms with Crippen molar-refractivity contribution < 1.29 is 4.79 Å². The first kappa shape index (κ1) is 23.9. The smallest absolute Gasteiger partial charge is 0.303 e. The monoisotopic (exact) mass is 474 g/mol. The minimum absolute atomic E-state index is 0.0563. The second-order valence-electron chi connectivity index (χ2n) is 8.87. The number of Topliss-reactive ketones (excluding diaryl/α,β-unsaturated/α-hetero) is 1. The molecule has 0 unspecified atom stereocenters. The quantitative estimate of drug-likeness (QED) is 0.529. The molecule has 35 heavy (non-hydrogen) atoms. The summed E-state index contributed by atoms with van der Waals surface area (Å²) in [6.45, 7) is 0. The van der Waals surface area contributed by atoms with Crippen molar-refractivity contribution in [3.8, 4) is 0 Å². The van der Waals surface area contributed by atoms with Crippen molar-refractivity contribution in [3.05, 3.63) is 112 Å². The highest BCUT2D eigenvalue weighted by atomic mass is 16.2. The standard InChI is InChI=1S/C26H26N4O5/c1-27-14-20(23(32)29(3)25(27)34)12-18-10-17(16-8-6-5-7-9-16)11-19(22(18)31)13-21-15-28(2)26(35)30(4)24(21)33/h5-9,12-15,17H,10-11H2,1-4H3. The van der Waals surface area contributed by atoms with Crippen molar-refractivity contribution in [2.24, 2.45) is 28.2 Å². The van der Waals surface area contributed by atoms with Crippen LogP contribution in [0.15, 0.2) is 73.0 Å². The van der Waals surface area contributed by atoms with Crippen LogP contribution in [0.25, 0.3) is 12.2 Å². The Bertz CT molecular complexity index is 1530. The van der Waals surface area contributed by atoms with Crippen molar-refractivity contribution in [1.29, 1.82) is 0 Å². The number of allylic oxidation sites excluding steroid dienone is 2. The zero-order valence-electron chi connectivity index (χ0n) is 20.0. The lowest BCUT2D eigenvalue weighted by atomic mass is 9.77. The minimum Gasteiger partial charge on any atom is -0.303 e. The molecular weight excluding hydrogens is 448 g/mol. The summed E-state index contributed by atoms with van der Waals surface area (Å²) in [7, 11) is 5.87. The van der Waals surface area contributed by atoms with Gasteiger partial charge in [-0.05, 0) is 36.5 Å². The van der Waals surface area contributed by atoms with Gasteiger partial charge in [-0.15, -0.1) is 0 Å². The zero-order chi connectivity index (χ0) is 25.4. The largest absolute Gasteiger partial charge is 0.330 e. The Morgan fingerprint density at radius 3 is 1.54 bits per heavy atom. The van der Waals surface area contributed by atoms with Crippen LogP contribution in [0.4, 0.5) is 0 Å². The van der Waals surface area contributed by atoms with Gasteiger partial charge in [0.25, 0.3) is 11.1 Å². The van der Waals surface area contributed by atoms with E-state index in [-0.39, 0.29) is 22.8 Å². The third-order valence-corrected chi connectivity index (χ3v) is 6.39. The fraction of sp³-hybridized carbons (Fsp3) is 0.269. The zero-order valence-corrected chi connectivity index (χ0v) is 20.0. The summed E-state index contributed by atoms with van der Waals surface area (Å²) < 4.78 is 4.58. The molecule has 1 aromatic carbocycles. The Labute approximate surface area is 200 Å². The van der Waals surface area contributed by atoms with E-state index in [2.05, 4.69) is 0 Å². The summed E-state index contributed by atoms with van der Waals surface area (Å²) in [5, 5.41) is 0. The van der Waals surface area contributed by atoms with Crippen LogP contribution in [0.1, 0.15) is 35.4 Å². The van der Waals surface area contributed by atoms with Gasteiger partial charge in [-0.3, -0.25) is 23.5 Å². The average Bonchev–Trinajstić information content (AvgIpc) is 2.85. The molecule has 9 heteroatoms. The molecule has 0 spiro atoms. The summed E-state index contributed by atoms with van der Waals surface area (Å²) >= 11 is 0. The molecule has 180 valence electrons. The SMILES string of the molecule is Cn1cc(C=C2CC(c3ccccc3)CC(=Cc3cn(C)c(=O)n(C)c3=O)C2=O)c(=O)n(C)c1=O. The van der Waals surface area contributed by atoms with E-state index in [0.717, 1.165) is 14.7 Å². The van der Waals surface area contributed by atoms with E-state index < -0.39 is 22.5 Å². The molecule has 1 aliphatic carbocycles. The Hall–Kier alpha value is -4.27. The van der Waals surface area contributed by atoms with Crippen molar-refractivity contribution in [2.45, 2.75) is 18.8 Å². The van der Waals surface area contributed by atoms with Crippen LogP contribution < -0.4 is 22.5 Å². The molecule has 0 bridgehead atoms. The number of hydrogen-bond acceptors (Lipinski definition) is 5. The van der Waals surface area contributed by atoms with E-state index in [1.807, 2.05) is 30.3 Å². The van der Waals surface area contributed by atoms with Gasteiger partial charge in [-0.1, -0.05) is 30.3 Å². The van der Waals surface area contributed by atoms with Gasteiger partial charge in [0, 0.05) is 51.7 Å². The first-order chi connectivity index (χ1) is 16.6. The number of benzene rings is 1. The Balaban J connectivity index is 1.89. The third kappa shape index (κ3) is 4.44. The summed E-state index contributed by atoms with van der Waals surface area (Å²) in [4.78, 5) is 63.1. The van der Waals surface area contributed by atoms with Gasteiger partial charge in [0.05, 0.1) is 11.1 Å². The maximum Gasteiger partial charge on any atom is 0.330 e. The van der Waals surface area contributed by atoms with Crippen molar-refractivity contribution in [3.63, 3.8) is 0 Å². The van der Waals surface area contributed by atoms with Crippen LogP contribution in [-0.4, -0.2) is 24.1 Å². The second-order valence-corrected chi connectivity index (χ2v) is 8.87. The van der Waals surface area contributed by atoms with E-state index in [1.54, 1.807) is 14.1 Å². The lowest BCUT2D eigenvalue weighted by Crippen LogP contribution is -2.38. The van der Waals surface area contributed by atoms with Crippen LogP contribution in [0, 0.1) is 0 Å². The topological polar surface area (TPSA) is 105 Å². The number of hydrogen-bond donors (Lipinski definition) is 0. The molecule has 0 saturated heterocycles. The number of ketones is 1. The van der Waals surface area contributed by atoms with Crippen LogP contribution in [-0.2, 0) is 33.0 Å². The highest BCUT2D eigenvalue weighted by molar-refractivity contribution is 6.14. The molecule has 1 aliphatic rings. The number of nitrogens with zero attached hydrogens (tertiary/aromatic N) is 4. The second kappa shape index (κ2) is 9.17. The van der Waals surface area contributed by atoms with E-state index >= 15 is 0 Å². The minimum atomic E-state index is -0.493. The number of aromatic nitrogens is 4. The van der Waals surface area contributed by atoms with Gasteiger partial charge < -0.3 is 9.13 Å². The highest BCUT2D eigenvalue weighted by Gasteiger charge is 2.29. The van der Waals surface area contributed by atoms with Crippen LogP contribution >= 0.6 is 0 Å². The van der Waals surface area contributed by atoms with Gasteiger partial charge in [0.15, 0.2) is 5.78 Å². The molecular formula is C26H26N4O5. The molecule has 0 N–H and O–H groups in total. The number of aryl methyl sites for hydroxylation is 2. The van der Waals surface area contributed by atoms with E-state index in [1.165, 1.54) is 47.8 Å². The Morgan fingerprint density at radius 1 is 0.686 bits per heavy atom. The Morgan fingerprint density at radius 2 is 1.11 bits per heavy atom. The van der Waals surface area contributed by atoms with E-state index in [9.17, 15) is 24.0 Å². The maximum atomic E-state index is 13.5. The summed E-state index contributed by atoms with van der Waals surface area (Å²) in [6.07, 6.45) is 6.71. The van der Waals surface area contributed by atoms with Crippen molar-refractivity contribution >= 4 is 17.9 Å². The number of carbonyl (C=O) groups is 1. The average molecular weight is 475 g/mol. The lowest BCUT2D eigenvalue weighted by molar-refractivity contribution is -0.113. The molecule has 1 fully saturated rings. The van der Waals surface area contributed by atoms with Gasteiger partial charge in [-0.2, -0.15) is 0 Å². The summed E-state index contributed by atoms with van der Waals surface area (Å²) in [5.41, 5.74) is 0.398. The lowest BCUT2D eigenvalue weighted by Gasteiger charge is -2.26. The molecule has 3 aromatic rings. The van der Waals surface area contributed by atoms with Gasteiger partial charge in [0.1, 0.15) is 0 Å². The normalized spacial score (nSPS) is 18.4. The first-order valence-electron chi connectivity index (χ1n) is 11.1. The molecule has 0 atom stereocenters. The number of carbonyl (C=O) groups excluding carboxylic acids is 1. The van der Waals surface area contributed by atoms with E-state index in [4.69, 9.17) is 0 Å². The van der Waals surface area contributed by atoms with Gasteiger partial charge in [-0.25, -0.2) is 9.59 Å². The van der Waals surface area contributed by atoms with Crippen LogP contribution in [0.3, 0.4) is 0 Å². The van der Waals surface area contributed by atoms with Gasteiger partial charge in [0.2, 0.25) is 0 Å². The highest BCUT2D eigenvalue weighted by Crippen LogP contribution is 2.38. The molecule has 4 rings (SSSR count). The van der Waals surface area contributed by atoms with E-state index in [0.29, 0.717) is 24.0 Å². The number of rotatable bonds is 3. The molecule has 2 aromatic heterocycles. The van der Waals surface area contributed by atoms with Gasteiger partial charge >= 0.3 is 11.4 Å². The first-order valence-corrected chi connectivity index (χ1v) is 11.1.